The van der Waals surface area contributed by atoms with Gasteiger partial charge in [-0.1, -0.05) is 48.5 Å². The molecule has 0 spiro atoms. The summed E-state index contributed by atoms with van der Waals surface area (Å²) in [6.45, 7) is 4.53. The van der Waals surface area contributed by atoms with Crippen LogP contribution in [-0.4, -0.2) is 19.8 Å². The Morgan fingerprint density at radius 3 is 2.41 bits per heavy atom. The molecule has 2 heterocycles. The van der Waals surface area contributed by atoms with Crippen molar-refractivity contribution >= 4 is 17.1 Å². The smallest absolute Gasteiger partial charge is 0.129 e. The Kier molecular flexibility index (Phi) is 3.86. The van der Waals surface area contributed by atoms with Gasteiger partial charge in [-0.15, -0.1) is 0 Å². The van der Waals surface area contributed by atoms with E-state index < -0.39 is 0 Å². The Hall–Kier alpha value is -3.20. The van der Waals surface area contributed by atoms with Crippen LogP contribution in [-0.2, 0) is 0 Å². The van der Waals surface area contributed by atoms with Gasteiger partial charge in [0.1, 0.15) is 12.4 Å². The van der Waals surface area contributed by atoms with Gasteiger partial charge in [0.05, 0.1) is 12.4 Å². The van der Waals surface area contributed by atoms with Gasteiger partial charge in [-0.05, 0) is 42.8 Å². The lowest BCUT2D eigenvalue weighted by Gasteiger charge is -2.43. The summed E-state index contributed by atoms with van der Waals surface area (Å²) >= 11 is 0. The summed E-state index contributed by atoms with van der Waals surface area (Å²) in [5.74, 6) is 0.975. The fraction of sp³-hybridized carbons (Fsp3) is 0.167. The molecular formula is C24H22N2O. The topological polar surface area (TPSA) is 15.7 Å². The fourth-order valence-electron chi connectivity index (χ4n) is 4.07. The van der Waals surface area contributed by atoms with Gasteiger partial charge in [0.15, 0.2) is 0 Å². The number of benzene rings is 3. The second kappa shape index (κ2) is 6.51. The molecule has 0 unspecified atom stereocenters. The maximum atomic E-state index is 6.08. The van der Waals surface area contributed by atoms with Crippen molar-refractivity contribution in [2.24, 2.45) is 0 Å². The largest absolute Gasteiger partial charge is 0.488 e. The predicted molar refractivity (Wildman–Crippen MR) is 111 cm³/mol. The van der Waals surface area contributed by atoms with E-state index in [9.17, 15) is 0 Å². The first-order chi connectivity index (χ1) is 13.3. The van der Waals surface area contributed by atoms with Crippen molar-refractivity contribution in [3.63, 3.8) is 0 Å². The van der Waals surface area contributed by atoms with Gasteiger partial charge < -0.3 is 14.5 Å². The molecule has 0 fully saturated rings. The van der Waals surface area contributed by atoms with E-state index in [1.54, 1.807) is 0 Å². The molecule has 0 radical (unpaired) electrons. The molecule has 3 nitrogen and oxygen atoms in total. The van der Waals surface area contributed by atoms with Crippen LogP contribution in [0.25, 0.3) is 5.70 Å². The van der Waals surface area contributed by atoms with Crippen molar-refractivity contribution in [1.82, 2.24) is 0 Å². The average Bonchev–Trinajstić information content (AvgIpc) is 2.74. The second-order valence-corrected chi connectivity index (χ2v) is 7.13. The first kappa shape index (κ1) is 16.0. The van der Waals surface area contributed by atoms with Crippen LogP contribution >= 0.6 is 0 Å². The van der Waals surface area contributed by atoms with Crippen LogP contribution in [0.2, 0.25) is 0 Å². The number of nitrogens with zero attached hydrogens (tertiary/aromatic N) is 2. The van der Waals surface area contributed by atoms with E-state index in [2.05, 4.69) is 89.5 Å². The molecule has 2 aliphatic heterocycles. The number of rotatable bonds is 2. The van der Waals surface area contributed by atoms with E-state index in [0.717, 1.165) is 19.0 Å². The molecule has 0 aliphatic carbocycles. The van der Waals surface area contributed by atoms with Crippen LogP contribution in [0.1, 0.15) is 11.1 Å². The molecular weight excluding hydrogens is 332 g/mol. The molecule has 27 heavy (non-hydrogen) atoms. The number of aryl methyl sites for hydroxylation is 1. The van der Waals surface area contributed by atoms with Crippen molar-refractivity contribution in [2.75, 3.05) is 29.6 Å². The number of para-hydroxylation sites is 3. The van der Waals surface area contributed by atoms with E-state index in [1.807, 2.05) is 6.07 Å². The standard InChI is InChI=1S/C24H22N2O/c1-18-9-5-7-13-22(18)26-17-25(20-10-3-2-4-11-20)15-19-16-27-23-14-8-6-12-21(23)24(19)26/h2-14H,15-17H2,1H3. The average molecular weight is 354 g/mol. The molecule has 0 bridgehead atoms. The second-order valence-electron chi connectivity index (χ2n) is 7.13. The van der Waals surface area contributed by atoms with Crippen LogP contribution in [0.3, 0.4) is 0 Å². The van der Waals surface area contributed by atoms with Crippen LogP contribution in [0.4, 0.5) is 11.4 Å². The van der Waals surface area contributed by atoms with Crippen LogP contribution in [0.5, 0.6) is 5.75 Å². The maximum absolute atomic E-state index is 6.08. The van der Waals surface area contributed by atoms with E-state index in [4.69, 9.17) is 4.74 Å². The van der Waals surface area contributed by atoms with Crippen molar-refractivity contribution in [2.45, 2.75) is 6.92 Å². The van der Waals surface area contributed by atoms with E-state index in [0.29, 0.717) is 6.61 Å². The lowest BCUT2D eigenvalue weighted by atomic mass is 9.98. The van der Waals surface area contributed by atoms with Crippen molar-refractivity contribution < 1.29 is 4.74 Å². The first-order valence-electron chi connectivity index (χ1n) is 9.38. The van der Waals surface area contributed by atoms with Crippen molar-refractivity contribution in [3.05, 3.63) is 95.6 Å². The van der Waals surface area contributed by atoms with Crippen molar-refractivity contribution in [1.29, 1.82) is 0 Å². The zero-order valence-electron chi connectivity index (χ0n) is 15.4. The highest BCUT2D eigenvalue weighted by molar-refractivity contribution is 5.88. The summed E-state index contributed by atoms with van der Waals surface area (Å²) in [6, 6.07) is 27.6. The number of hydrogen-bond acceptors (Lipinski definition) is 3. The minimum absolute atomic E-state index is 0.637. The van der Waals surface area contributed by atoms with Crippen LogP contribution in [0.15, 0.2) is 84.4 Å². The Morgan fingerprint density at radius 1 is 0.815 bits per heavy atom. The Labute approximate surface area is 160 Å². The Balaban J connectivity index is 1.67. The van der Waals surface area contributed by atoms with Gasteiger partial charge in [-0.25, -0.2) is 0 Å². The maximum Gasteiger partial charge on any atom is 0.129 e. The zero-order chi connectivity index (χ0) is 18.2. The Morgan fingerprint density at radius 2 is 1.56 bits per heavy atom. The fourth-order valence-corrected chi connectivity index (χ4v) is 4.07. The summed E-state index contributed by atoms with van der Waals surface area (Å²) in [6.07, 6.45) is 0. The monoisotopic (exact) mass is 354 g/mol. The molecule has 0 aromatic heterocycles. The number of hydrogen-bond donors (Lipinski definition) is 0. The summed E-state index contributed by atoms with van der Waals surface area (Å²) < 4.78 is 6.08. The molecule has 5 rings (SSSR count). The van der Waals surface area contributed by atoms with Crippen LogP contribution < -0.4 is 14.5 Å². The number of anilines is 2. The molecule has 3 aromatic rings. The third kappa shape index (κ3) is 2.76. The molecule has 2 aliphatic rings. The van der Waals surface area contributed by atoms with Gasteiger partial charge in [0, 0.05) is 29.1 Å². The molecule has 3 heteroatoms. The van der Waals surface area contributed by atoms with E-state index in [-0.39, 0.29) is 0 Å². The molecule has 0 N–H and O–H groups in total. The highest BCUT2D eigenvalue weighted by Gasteiger charge is 2.32. The van der Waals surface area contributed by atoms with Gasteiger partial charge >= 0.3 is 0 Å². The first-order valence-corrected chi connectivity index (χ1v) is 9.38. The van der Waals surface area contributed by atoms with Gasteiger partial charge in [-0.2, -0.15) is 0 Å². The van der Waals surface area contributed by atoms with Gasteiger partial charge in [0.2, 0.25) is 0 Å². The number of fused-ring (bicyclic) bond motifs is 2. The number of ether oxygens (including phenoxy) is 1. The van der Waals surface area contributed by atoms with Crippen molar-refractivity contribution in [3.8, 4) is 5.75 Å². The molecule has 134 valence electrons. The third-order valence-corrected chi connectivity index (χ3v) is 5.37. The Bertz CT molecular complexity index is 1010. The molecule has 0 atom stereocenters. The summed E-state index contributed by atoms with van der Waals surface area (Å²) in [4.78, 5) is 4.87. The zero-order valence-corrected chi connectivity index (χ0v) is 15.4. The molecule has 0 saturated heterocycles. The van der Waals surface area contributed by atoms with E-state index in [1.165, 1.54) is 33.8 Å². The van der Waals surface area contributed by atoms with E-state index >= 15 is 0 Å². The van der Waals surface area contributed by atoms with Gasteiger partial charge in [-0.3, -0.25) is 0 Å². The summed E-state index contributed by atoms with van der Waals surface area (Å²) in [7, 11) is 0. The normalized spacial score (nSPS) is 15.9. The minimum atomic E-state index is 0.637. The molecule has 0 saturated carbocycles. The highest BCUT2D eigenvalue weighted by Crippen LogP contribution is 2.41. The van der Waals surface area contributed by atoms with Crippen LogP contribution in [0, 0.1) is 6.92 Å². The lowest BCUT2D eigenvalue weighted by Crippen LogP contribution is -2.45. The SMILES string of the molecule is Cc1ccccc1N1CN(c2ccccc2)CC2=C1c1ccccc1OC2. The van der Waals surface area contributed by atoms with Gasteiger partial charge in [0.25, 0.3) is 0 Å². The quantitative estimate of drug-likeness (QED) is 0.638. The lowest BCUT2D eigenvalue weighted by molar-refractivity contribution is 0.340. The molecule has 0 amide bonds. The molecule has 3 aromatic carbocycles. The highest BCUT2D eigenvalue weighted by atomic mass is 16.5. The summed E-state index contributed by atoms with van der Waals surface area (Å²) in [5, 5.41) is 0. The third-order valence-electron chi connectivity index (χ3n) is 5.37. The summed E-state index contributed by atoms with van der Waals surface area (Å²) in [5.41, 5.74) is 7.59. The minimum Gasteiger partial charge on any atom is -0.488 e. The predicted octanol–water partition coefficient (Wildman–Crippen LogP) is 5.08.